The summed E-state index contributed by atoms with van der Waals surface area (Å²) in [7, 11) is 3.77. The highest BCUT2D eigenvalue weighted by Crippen LogP contribution is 2.42. The van der Waals surface area contributed by atoms with Crippen molar-refractivity contribution in [2.75, 3.05) is 21.3 Å². The van der Waals surface area contributed by atoms with Crippen LogP contribution >= 0.6 is 0 Å². The second kappa shape index (κ2) is 12.1. The molecule has 2 aliphatic heterocycles. The van der Waals surface area contributed by atoms with Crippen molar-refractivity contribution in [3.63, 3.8) is 0 Å². The van der Waals surface area contributed by atoms with Gasteiger partial charge in [0.15, 0.2) is 0 Å². The lowest BCUT2D eigenvalue weighted by Crippen LogP contribution is -2.41. The van der Waals surface area contributed by atoms with Gasteiger partial charge in [-0.2, -0.15) is 0 Å². The summed E-state index contributed by atoms with van der Waals surface area (Å²) in [6.45, 7) is 16.3. The molecular formula is C34H44B2O9. The minimum absolute atomic E-state index is 0.439. The number of ether oxygens (including phenoxy) is 5. The average molecular weight is 618 g/mol. The van der Waals surface area contributed by atoms with Crippen LogP contribution in [0, 0.1) is 0 Å². The lowest BCUT2D eigenvalue weighted by molar-refractivity contribution is 0.000309. The standard InChI is InChI=1S/C34H44B2O9/c1-31(2)32(3,4)43-35(42-31)22-12-16-24(17-13-22)40-30(29-27(38-10)20-26(37-9)21-28(29)39-11)41-25-18-14-23(15-19-25)36-44-33(5,6)34(7,8)45-36/h12-21,30H,1-11H3. The molecule has 0 N–H and O–H groups in total. The van der Waals surface area contributed by atoms with Gasteiger partial charge in [-0.1, -0.05) is 24.3 Å². The Morgan fingerprint density at radius 3 is 1.11 bits per heavy atom. The van der Waals surface area contributed by atoms with E-state index in [1.807, 2.05) is 104 Å². The fourth-order valence-electron chi connectivity index (χ4n) is 5.02. The molecule has 3 aromatic carbocycles. The molecule has 0 amide bonds. The molecule has 11 heteroatoms. The Bertz CT molecular complexity index is 1350. The van der Waals surface area contributed by atoms with E-state index in [2.05, 4.69) is 0 Å². The molecule has 5 rings (SSSR count). The molecule has 0 aromatic heterocycles. The first-order valence-electron chi connectivity index (χ1n) is 15.1. The second-order valence-corrected chi connectivity index (χ2v) is 13.3. The zero-order valence-corrected chi connectivity index (χ0v) is 28.2. The van der Waals surface area contributed by atoms with Crippen LogP contribution in [-0.4, -0.2) is 58.0 Å². The molecule has 0 unspecified atom stereocenters. The molecule has 2 aliphatic rings. The van der Waals surface area contributed by atoms with Gasteiger partial charge in [0.1, 0.15) is 34.3 Å². The van der Waals surface area contributed by atoms with Gasteiger partial charge in [0.05, 0.1) is 43.7 Å². The average Bonchev–Trinajstić information content (AvgIpc) is 3.35. The maximum Gasteiger partial charge on any atom is 0.494 e. The summed E-state index contributed by atoms with van der Waals surface area (Å²) in [6.07, 6.45) is -0.953. The van der Waals surface area contributed by atoms with E-state index in [0.717, 1.165) is 10.9 Å². The van der Waals surface area contributed by atoms with Crippen molar-refractivity contribution in [2.24, 2.45) is 0 Å². The first kappa shape index (κ1) is 33.0. The van der Waals surface area contributed by atoms with E-state index in [4.69, 9.17) is 42.3 Å². The Morgan fingerprint density at radius 1 is 0.489 bits per heavy atom. The lowest BCUT2D eigenvalue weighted by atomic mass is 9.79. The van der Waals surface area contributed by atoms with Crippen molar-refractivity contribution in [1.82, 2.24) is 0 Å². The fourth-order valence-corrected chi connectivity index (χ4v) is 5.02. The molecule has 45 heavy (non-hydrogen) atoms. The summed E-state index contributed by atoms with van der Waals surface area (Å²) in [4.78, 5) is 0. The van der Waals surface area contributed by atoms with Crippen molar-refractivity contribution in [3.8, 4) is 28.7 Å². The smallest absolute Gasteiger partial charge is 0.494 e. The first-order chi connectivity index (χ1) is 21.1. The molecular weight excluding hydrogens is 574 g/mol. The number of rotatable bonds is 10. The van der Waals surface area contributed by atoms with Crippen LogP contribution in [-0.2, 0) is 18.6 Å². The fraction of sp³-hybridized carbons (Fsp3) is 0.471. The zero-order valence-electron chi connectivity index (χ0n) is 28.2. The predicted octanol–water partition coefficient (Wildman–Crippen LogP) is 5.47. The SMILES string of the molecule is COc1cc(OC)c(C(Oc2ccc(B3OC(C)(C)C(C)(C)O3)cc2)Oc2ccc(B3OC(C)(C)C(C)(C)O3)cc2)c(OC)c1. The van der Waals surface area contributed by atoms with Crippen LogP contribution in [0.15, 0.2) is 60.7 Å². The molecule has 0 radical (unpaired) electrons. The number of hydrogen-bond acceptors (Lipinski definition) is 9. The van der Waals surface area contributed by atoms with Crippen LogP contribution in [0.4, 0.5) is 0 Å². The van der Waals surface area contributed by atoms with Crippen LogP contribution in [0.2, 0.25) is 0 Å². The minimum atomic E-state index is -0.953. The topological polar surface area (TPSA) is 83.1 Å². The molecule has 240 valence electrons. The maximum atomic E-state index is 6.49. The third kappa shape index (κ3) is 6.49. The Hall–Kier alpha value is -3.37. The van der Waals surface area contributed by atoms with E-state index in [0.29, 0.717) is 34.3 Å². The highest BCUT2D eigenvalue weighted by atomic mass is 16.7. The number of hydrogen-bond donors (Lipinski definition) is 0. The van der Waals surface area contributed by atoms with Crippen LogP contribution in [0.5, 0.6) is 28.7 Å². The molecule has 0 aliphatic carbocycles. The number of methoxy groups -OCH3 is 3. The minimum Gasteiger partial charge on any atom is -0.496 e. The first-order valence-corrected chi connectivity index (χ1v) is 15.1. The lowest BCUT2D eigenvalue weighted by Gasteiger charge is -2.32. The summed E-state index contributed by atoms with van der Waals surface area (Å²) in [6, 6.07) is 18.7. The van der Waals surface area contributed by atoms with Gasteiger partial charge in [-0.25, -0.2) is 0 Å². The molecule has 9 nitrogen and oxygen atoms in total. The van der Waals surface area contributed by atoms with Crippen molar-refractivity contribution in [1.29, 1.82) is 0 Å². The summed E-state index contributed by atoms with van der Waals surface area (Å²) in [5, 5.41) is 0. The Kier molecular flexibility index (Phi) is 8.87. The Labute approximate surface area is 267 Å². The molecule has 0 atom stereocenters. The van der Waals surface area contributed by atoms with Gasteiger partial charge < -0.3 is 42.3 Å². The molecule has 0 saturated carbocycles. The van der Waals surface area contributed by atoms with Crippen molar-refractivity contribution >= 4 is 25.2 Å². The monoisotopic (exact) mass is 618 g/mol. The molecule has 2 saturated heterocycles. The third-order valence-electron chi connectivity index (χ3n) is 9.29. The Balaban J connectivity index is 1.43. The molecule has 3 aromatic rings. The van der Waals surface area contributed by atoms with E-state index >= 15 is 0 Å². The van der Waals surface area contributed by atoms with E-state index in [-0.39, 0.29) is 0 Å². The van der Waals surface area contributed by atoms with Gasteiger partial charge in [-0.3, -0.25) is 0 Å². The second-order valence-electron chi connectivity index (χ2n) is 13.3. The summed E-state index contributed by atoms with van der Waals surface area (Å²) < 4.78 is 54.8. The van der Waals surface area contributed by atoms with Crippen molar-refractivity contribution in [2.45, 2.75) is 84.1 Å². The summed E-state index contributed by atoms with van der Waals surface area (Å²) in [5.41, 5.74) is 0.575. The molecule has 0 spiro atoms. The van der Waals surface area contributed by atoms with E-state index < -0.39 is 42.9 Å². The zero-order chi connectivity index (χ0) is 32.8. The largest absolute Gasteiger partial charge is 0.496 e. The van der Waals surface area contributed by atoms with E-state index in [1.54, 1.807) is 33.5 Å². The van der Waals surface area contributed by atoms with Gasteiger partial charge in [-0.15, -0.1) is 0 Å². The van der Waals surface area contributed by atoms with E-state index in [1.165, 1.54) is 0 Å². The van der Waals surface area contributed by atoms with Crippen LogP contribution in [0.25, 0.3) is 0 Å². The van der Waals surface area contributed by atoms with E-state index in [9.17, 15) is 0 Å². The third-order valence-corrected chi connectivity index (χ3v) is 9.29. The normalized spacial score (nSPS) is 19.5. The molecule has 2 heterocycles. The van der Waals surface area contributed by atoms with Crippen LogP contribution in [0.1, 0.15) is 67.2 Å². The van der Waals surface area contributed by atoms with Gasteiger partial charge in [0, 0.05) is 12.1 Å². The predicted molar refractivity (Wildman–Crippen MR) is 174 cm³/mol. The summed E-state index contributed by atoms with van der Waals surface area (Å²) >= 11 is 0. The van der Waals surface area contributed by atoms with Crippen LogP contribution in [0.3, 0.4) is 0 Å². The van der Waals surface area contributed by atoms with Gasteiger partial charge in [-0.05, 0) is 90.6 Å². The highest BCUT2D eigenvalue weighted by Gasteiger charge is 2.52. The van der Waals surface area contributed by atoms with Gasteiger partial charge in [0.25, 0.3) is 6.29 Å². The van der Waals surface area contributed by atoms with Gasteiger partial charge >= 0.3 is 14.2 Å². The Morgan fingerprint density at radius 2 is 0.822 bits per heavy atom. The summed E-state index contributed by atoms with van der Waals surface area (Å²) in [5.74, 6) is 2.67. The van der Waals surface area contributed by atoms with Crippen molar-refractivity contribution in [3.05, 3.63) is 66.2 Å². The molecule has 2 fully saturated rings. The quantitative estimate of drug-likeness (QED) is 0.217. The number of benzene rings is 3. The maximum absolute atomic E-state index is 6.49. The van der Waals surface area contributed by atoms with Gasteiger partial charge in [0.2, 0.25) is 0 Å². The highest BCUT2D eigenvalue weighted by molar-refractivity contribution is 6.62. The molecule has 0 bridgehead atoms. The van der Waals surface area contributed by atoms with Crippen molar-refractivity contribution < 1.29 is 42.3 Å². The van der Waals surface area contributed by atoms with Crippen LogP contribution < -0.4 is 34.6 Å².